The van der Waals surface area contributed by atoms with Crippen LogP contribution in [-0.4, -0.2) is 35.8 Å². The number of benzene rings is 1. The molecule has 8 heteroatoms. The fourth-order valence-corrected chi connectivity index (χ4v) is 3.06. The maximum atomic E-state index is 12.5. The van der Waals surface area contributed by atoms with Gasteiger partial charge in [-0.2, -0.15) is 0 Å². The van der Waals surface area contributed by atoms with Gasteiger partial charge in [-0.05, 0) is 25.5 Å². The lowest BCUT2D eigenvalue weighted by Crippen LogP contribution is -2.19. The summed E-state index contributed by atoms with van der Waals surface area (Å²) < 4.78 is 12.1. The van der Waals surface area contributed by atoms with Gasteiger partial charge in [-0.1, -0.05) is 11.6 Å². The number of aromatic nitrogens is 1. The molecule has 2 rings (SSSR count). The molecule has 2 aromatic rings. The Kier molecular flexibility index (Phi) is 6.15. The number of halogens is 1. The van der Waals surface area contributed by atoms with Crippen LogP contribution in [0.2, 0.25) is 5.02 Å². The second-order valence-corrected chi connectivity index (χ2v) is 6.04. The normalized spacial score (nSPS) is 10.5. The Morgan fingerprint density at radius 1 is 1.23 bits per heavy atom. The zero-order valence-electron chi connectivity index (χ0n) is 15.1. The molecule has 0 atom stereocenters. The molecule has 26 heavy (non-hydrogen) atoms. The number of ether oxygens (including phenoxy) is 2. The predicted octanol–water partition coefficient (Wildman–Crippen LogP) is 3.37. The summed E-state index contributed by atoms with van der Waals surface area (Å²) in [7, 11) is 2.94. The average Bonchev–Trinajstić information content (AvgIpc) is 2.90. The molecule has 0 aliphatic heterocycles. The number of methoxy groups -OCH3 is 2. The van der Waals surface area contributed by atoms with Gasteiger partial charge in [0.25, 0.3) is 0 Å². The quantitative estimate of drug-likeness (QED) is 0.768. The van der Waals surface area contributed by atoms with E-state index in [0.29, 0.717) is 40.0 Å². The van der Waals surface area contributed by atoms with Crippen molar-refractivity contribution in [3.63, 3.8) is 0 Å². The third-order valence-electron chi connectivity index (χ3n) is 4.01. The van der Waals surface area contributed by atoms with Crippen LogP contribution in [0.1, 0.15) is 28.5 Å². The van der Waals surface area contributed by atoms with Gasteiger partial charge in [-0.3, -0.25) is 4.79 Å². The Balaban J connectivity index is 2.30. The lowest BCUT2D eigenvalue weighted by Gasteiger charge is -2.14. The summed E-state index contributed by atoms with van der Waals surface area (Å²) in [4.78, 5) is 24.1. The van der Waals surface area contributed by atoms with Crippen LogP contribution in [-0.2, 0) is 17.8 Å². The van der Waals surface area contributed by atoms with Crippen LogP contribution in [0.4, 0.5) is 5.69 Å². The lowest BCUT2D eigenvalue weighted by molar-refractivity contribution is -0.115. The molecule has 2 N–H and O–H groups in total. The topological polar surface area (TPSA) is 89.8 Å². The van der Waals surface area contributed by atoms with Crippen molar-refractivity contribution in [2.45, 2.75) is 26.8 Å². The summed E-state index contributed by atoms with van der Waals surface area (Å²) in [6.07, 6.45) is 1.65. The molecule has 0 unspecified atom stereocenters. The van der Waals surface area contributed by atoms with Crippen LogP contribution in [0.25, 0.3) is 0 Å². The summed E-state index contributed by atoms with van der Waals surface area (Å²) in [5.74, 6) is -0.618. The number of aryl methyl sites for hydroxylation is 2. The molecule has 0 bridgehead atoms. The first-order valence-electron chi connectivity index (χ1n) is 7.95. The van der Waals surface area contributed by atoms with Gasteiger partial charge >= 0.3 is 5.97 Å². The van der Waals surface area contributed by atoms with E-state index in [-0.39, 0.29) is 17.9 Å². The molecule has 140 valence electrons. The number of hydrogen-bond donors (Lipinski definition) is 2. The highest BCUT2D eigenvalue weighted by atomic mass is 35.5. The van der Waals surface area contributed by atoms with Gasteiger partial charge in [0.05, 0.1) is 36.9 Å². The van der Waals surface area contributed by atoms with Crippen LogP contribution in [0.15, 0.2) is 18.3 Å². The minimum atomic E-state index is -1.05. The van der Waals surface area contributed by atoms with Crippen LogP contribution < -0.4 is 14.8 Å². The molecule has 7 nitrogen and oxygen atoms in total. The van der Waals surface area contributed by atoms with Crippen molar-refractivity contribution in [3.05, 3.63) is 40.2 Å². The Labute approximate surface area is 156 Å². The highest BCUT2D eigenvalue weighted by molar-refractivity contribution is 6.32. The van der Waals surface area contributed by atoms with Crippen LogP contribution >= 0.6 is 11.6 Å². The van der Waals surface area contributed by atoms with E-state index in [9.17, 15) is 14.7 Å². The zero-order valence-corrected chi connectivity index (χ0v) is 15.8. The highest BCUT2D eigenvalue weighted by Crippen LogP contribution is 2.36. The van der Waals surface area contributed by atoms with Crippen molar-refractivity contribution in [2.24, 2.45) is 0 Å². The Morgan fingerprint density at radius 2 is 1.88 bits per heavy atom. The molecule has 0 aliphatic carbocycles. The average molecular weight is 381 g/mol. The van der Waals surface area contributed by atoms with Crippen LogP contribution in [0, 0.1) is 6.92 Å². The van der Waals surface area contributed by atoms with Gasteiger partial charge in [-0.15, -0.1) is 0 Å². The van der Waals surface area contributed by atoms with E-state index < -0.39 is 5.97 Å². The van der Waals surface area contributed by atoms with Crippen molar-refractivity contribution in [1.82, 2.24) is 4.57 Å². The number of carbonyl (C=O) groups excluding carboxylic acids is 1. The molecule has 0 saturated carbocycles. The smallest absolute Gasteiger partial charge is 0.337 e. The number of carbonyl (C=O) groups is 2. The third-order valence-corrected chi connectivity index (χ3v) is 4.31. The number of anilines is 1. The first-order chi connectivity index (χ1) is 12.3. The first-order valence-corrected chi connectivity index (χ1v) is 8.33. The van der Waals surface area contributed by atoms with Crippen molar-refractivity contribution >= 4 is 29.2 Å². The van der Waals surface area contributed by atoms with Gasteiger partial charge < -0.3 is 24.5 Å². The molecule has 1 aromatic heterocycles. The van der Waals surface area contributed by atoms with E-state index >= 15 is 0 Å². The van der Waals surface area contributed by atoms with Crippen molar-refractivity contribution in [1.29, 1.82) is 0 Å². The molecule has 0 saturated heterocycles. The Bertz CT molecular complexity index is 845. The number of nitrogens with one attached hydrogen (secondary N) is 1. The predicted molar refractivity (Wildman–Crippen MR) is 98.7 cm³/mol. The molecule has 0 radical (unpaired) electrons. The summed E-state index contributed by atoms with van der Waals surface area (Å²) in [6, 6.07) is 3.10. The van der Waals surface area contributed by atoms with Crippen LogP contribution in [0.3, 0.4) is 0 Å². The van der Waals surface area contributed by atoms with Gasteiger partial charge in [0, 0.05) is 24.5 Å². The van der Waals surface area contributed by atoms with E-state index in [1.54, 1.807) is 23.8 Å². The van der Waals surface area contributed by atoms with Crippen molar-refractivity contribution in [2.75, 3.05) is 19.5 Å². The van der Waals surface area contributed by atoms with Gasteiger partial charge in [0.2, 0.25) is 5.91 Å². The summed E-state index contributed by atoms with van der Waals surface area (Å²) in [6.45, 7) is 4.16. The molecule has 1 amide bonds. The maximum Gasteiger partial charge on any atom is 0.337 e. The molecule has 0 fully saturated rings. The number of carboxylic acid groups (broad SMARTS) is 1. The molecule has 1 aromatic carbocycles. The summed E-state index contributed by atoms with van der Waals surface area (Å²) in [5, 5.41) is 12.5. The Morgan fingerprint density at radius 3 is 2.42 bits per heavy atom. The SMILES string of the molecule is CCn1cc(C)c(C(=O)O)c1CC(=O)Nc1cc(Cl)c(OC)cc1OC. The van der Waals surface area contributed by atoms with Crippen molar-refractivity contribution in [3.8, 4) is 11.5 Å². The van der Waals surface area contributed by atoms with Gasteiger partial charge in [-0.25, -0.2) is 4.79 Å². The minimum Gasteiger partial charge on any atom is -0.495 e. The molecule has 0 spiro atoms. The summed E-state index contributed by atoms with van der Waals surface area (Å²) >= 11 is 6.11. The first kappa shape index (κ1) is 19.7. The largest absolute Gasteiger partial charge is 0.495 e. The fourth-order valence-electron chi connectivity index (χ4n) is 2.82. The van der Waals surface area contributed by atoms with Gasteiger partial charge in [0.1, 0.15) is 11.5 Å². The van der Waals surface area contributed by atoms with E-state index in [0.717, 1.165) is 0 Å². The maximum absolute atomic E-state index is 12.5. The monoisotopic (exact) mass is 380 g/mol. The molecular weight excluding hydrogens is 360 g/mol. The van der Waals surface area contributed by atoms with E-state index in [2.05, 4.69) is 5.32 Å². The third kappa shape index (κ3) is 3.94. The second kappa shape index (κ2) is 8.14. The molecule has 0 aliphatic rings. The standard InChI is InChI=1S/C18H21ClN2O5/c1-5-21-9-10(2)17(18(23)24)13(21)7-16(22)20-12-6-11(19)14(25-3)8-15(12)26-4/h6,8-9H,5,7H2,1-4H3,(H,20,22)(H,23,24). The minimum absolute atomic E-state index is 0.0872. The Hall–Kier alpha value is -2.67. The van der Waals surface area contributed by atoms with E-state index in [1.165, 1.54) is 20.3 Å². The van der Waals surface area contributed by atoms with Crippen LogP contribution in [0.5, 0.6) is 11.5 Å². The highest BCUT2D eigenvalue weighted by Gasteiger charge is 2.21. The zero-order chi connectivity index (χ0) is 19.4. The number of aromatic carboxylic acids is 1. The second-order valence-electron chi connectivity index (χ2n) is 5.64. The number of hydrogen-bond acceptors (Lipinski definition) is 4. The molecular formula is C18H21ClN2O5. The lowest BCUT2D eigenvalue weighted by atomic mass is 10.1. The molecule has 1 heterocycles. The fraction of sp³-hybridized carbons (Fsp3) is 0.333. The van der Waals surface area contributed by atoms with E-state index in [4.69, 9.17) is 21.1 Å². The number of carboxylic acids is 1. The number of rotatable bonds is 7. The van der Waals surface area contributed by atoms with E-state index in [1.807, 2.05) is 6.92 Å². The summed E-state index contributed by atoms with van der Waals surface area (Å²) in [5.41, 5.74) is 1.61. The van der Waals surface area contributed by atoms with Gasteiger partial charge in [0.15, 0.2) is 0 Å². The number of nitrogens with zero attached hydrogens (tertiary/aromatic N) is 1. The van der Waals surface area contributed by atoms with Crippen molar-refractivity contribution < 1.29 is 24.2 Å². The number of amides is 1.